The summed E-state index contributed by atoms with van der Waals surface area (Å²) in [5.41, 5.74) is 0.836. The summed E-state index contributed by atoms with van der Waals surface area (Å²) >= 11 is 0. The third-order valence-electron chi connectivity index (χ3n) is 4.59. The van der Waals surface area contributed by atoms with E-state index in [1.165, 1.54) is 29.1 Å². The number of furan rings is 1. The molecule has 0 radical (unpaired) electrons. The average molecular weight is 391 g/mol. The van der Waals surface area contributed by atoms with Gasteiger partial charge in [0.2, 0.25) is 5.91 Å². The number of carbonyl (C=O) groups is 1. The van der Waals surface area contributed by atoms with Crippen molar-refractivity contribution in [1.29, 1.82) is 0 Å². The average Bonchev–Trinajstić information content (AvgIpc) is 3.23. The van der Waals surface area contributed by atoms with Crippen molar-refractivity contribution in [2.45, 2.75) is 19.6 Å². The van der Waals surface area contributed by atoms with Crippen LogP contribution in [0.2, 0.25) is 0 Å². The molecule has 7 heteroatoms. The highest BCUT2D eigenvalue weighted by atomic mass is 19.1. The van der Waals surface area contributed by atoms with Gasteiger partial charge in [-0.3, -0.25) is 14.2 Å². The smallest absolute Gasteiger partial charge is 0.261 e. The molecule has 4 aromatic rings. The second-order valence-corrected chi connectivity index (χ2v) is 6.65. The third-order valence-corrected chi connectivity index (χ3v) is 4.59. The van der Waals surface area contributed by atoms with Gasteiger partial charge in [-0.05, 0) is 29.8 Å². The predicted molar refractivity (Wildman–Crippen MR) is 105 cm³/mol. The fourth-order valence-corrected chi connectivity index (χ4v) is 3.12. The molecule has 0 aliphatic rings. The molecule has 1 amide bonds. The molecule has 0 N–H and O–H groups in total. The van der Waals surface area contributed by atoms with Crippen molar-refractivity contribution < 1.29 is 13.6 Å². The standard InChI is InChI=1S/C22H18FN3O3/c23-17-8-9-19-20(11-17)24-15-26(22(19)28)14-21(27)25(13-18-7-4-10-29-18)12-16-5-2-1-3-6-16/h1-11,15H,12-14H2. The van der Waals surface area contributed by atoms with Crippen LogP contribution in [0.1, 0.15) is 11.3 Å². The number of halogens is 1. The van der Waals surface area contributed by atoms with Crippen molar-refractivity contribution in [3.8, 4) is 0 Å². The van der Waals surface area contributed by atoms with Crippen molar-refractivity contribution in [1.82, 2.24) is 14.5 Å². The molecule has 0 spiro atoms. The maximum atomic E-state index is 13.4. The molecule has 0 saturated carbocycles. The first-order valence-electron chi connectivity index (χ1n) is 9.09. The van der Waals surface area contributed by atoms with Crippen LogP contribution in [0, 0.1) is 5.82 Å². The van der Waals surface area contributed by atoms with E-state index in [4.69, 9.17) is 4.42 Å². The first-order valence-corrected chi connectivity index (χ1v) is 9.09. The van der Waals surface area contributed by atoms with Crippen molar-refractivity contribution >= 4 is 16.8 Å². The van der Waals surface area contributed by atoms with E-state index in [1.54, 1.807) is 23.3 Å². The molecule has 0 aliphatic heterocycles. The SMILES string of the molecule is O=C(Cn1cnc2cc(F)ccc2c1=O)N(Cc1ccccc1)Cc1ccco1. The monoisotopic (exact) mass is 391 g/mol. The van der Waals surface area contributed by atoms with E-state index in [2.05, 4.69) is 4.98 Å². The first-order chi connectivity index (χ1) is 14.1. The van der Waals surface area contributed by atoms with E-state index in [-0.39, 0.29) is 35.5 Å². The topological polar surface area (TPSA) is 68.3 Å². The minimum atomic E-state index is -0.467. The molecule has 0 bridgehead atoms. The molecular formula is C22H18FN3O3. The molecule has 0 aliphatic carbocycles. The van der Waals surface area contributed by atoms with Crippen LogP contribution in [-0.4, -0.2) is 20.4 Å². The summed E-state index contributed by atoms with van der Waals surface area (Å²) in [5.74, 6) is -0.0740. The summed E-state index contributed by atoms with van der Waals surface area (Å²) < 4.78 is 20.0. The van der Waals surface area contributed by atoms with Crippen LogP contribution in [0.5, 0.6) is 0 Å². The first kappa shape index (κ1) is 18.6. The van der Waals surface area contributed by atoms with Crippen LogP contribution in [0.25, 0.3) is 10.9 Å². The fourth-order valence-electron chi connectivity index (χ4n) is 3.12. The number of nitrogens with zero attached hydrogens (tertiary/aromatic N) is 3. The molecule has 0 atom stereocenters. The Labute approximate surface area is 165 Å². The summed E-state index contributed by atoms with van der Waals surface area (Å²) in [4.78, 5) is 31.4. The molecule has 2 heterocycles. The van der Waals surface area contributed by atoms with Gasteiger partial charge in [-0.25, -0.2) is 9.37 Å². The van der Waals surface area contributed by atoms with Gasteiger partial charge in [0.25, 0.3) is 5.56 Å². The molecule has 0 saturated heterocycles. The van der Waals surface area contributed by atoms with E-state index in [0.29, 0.717) is 12.3 Å². The minimum Gasteiger partial charge on any atom is -0.467 e. The summed E-state index contributed by atoms with van der Waals surface area (Å²) in [6.07, 6.45) is 2.83. The van der Waals surface area contributed by atoms with Crippen molar-refractivity contribution in [2.24, 2.45) is 0 Å². The van der Waals surface area contributed by atoms with Crippen LogP contribution in [0.15, 0.2) is 82.5 Å². The summed E-state index contributed by atoms with van der Waals surface area (Å²) in [6, 6.07) is 16.9. The van der Waals surface area contributed by atoms with Gasteiger partial charge in [0, 0.05) is 12.6 Å². The quantitative estimate of drug-likeness (QED) is 0.505. The lowest BCUT2D eigenvalue weighted by Gasteiger charge is -2.22. The van der Waals surface area contributed by atoms with E-state index < -0.39 is 5.82 Å². The molecule has 6 nitrogen and oxygen atoms in total. The highest BCUT2D eigenvalue weighted by Crippen LogP contribution is 2.12. The van der Waals surface area contributed by atoms with Crippen LogP contribution >= 0.6 is 0 Å². The lowest BCUT2D eigenvalue weighted by molar-refractivity contribution is -0.133. The van der Waals surface area contributed by atoms with Gasteiger partial charge >= 0.3 is 0 Å². The highest BCUT2D eigenvalue weighted by Gasteiger charge is 2.18. The Morgan fingerprint density at radius 1 is 1.07 bits per heavy atom. The predicted octanol–water partition coefficient (Wildman–Crippen LogP) is 3.36. The van der Waals surface area contributed by atoms with E-state index in [9.17, 15) is 14.0 Å². The van der Waals surface area contributed by atoms with Crippen LogP contribution in [0.4, 0.5) is 4.39 Å². The number of carbonyl (C=O) groups excluding carboxylic acids is 1. The molecule has 146 valence electrons. The molecule has 0 fully saturated rings. The molecule has 2 aromatic heterocycles. The minimum absolute atomic E-state index is 0.174. The molecule has 2 aromatic carbocycles. The van der Waals surface area contributed by atoms with E-state index >= 15 is 0 Å². The van der Waals surface area contributed by atoms with Gasteiger partial charge in [0.1, 0.15) is 18.1 Å². The molecular weight excluding hydrogens is 373 g/mol. The second kappa shape index (κ2) is 8.10. The number of hydrogen-bond acceptors (Lipinski definition) is 4. The molecule has 4 rings (SSSR count). The lowest BCUT2D eigenvalue weighted by atomic mass is 10.2. The normalized spacial score (nSPS) is 10.9. The van der Waals surface area contributed by atoms with Crippen molar-refractivity contribution in [3.63, 3.8) is 0 Å². The Kier molecular flexibility index (Phi) is 5.20. The molecule has 0 unspecified atom stereocenters. The number of fused-ring (bicyclic) bond motifs is 1. The maximum Gasteiger partial charge on any atom is 0.261 e. The van der Waals surface area contributed by atoms with Crippen LogP contribution in [0.3, 0.4) is 0 Å². The zero-order chi connectivity index (χ0) is 20.2. The maximum absolute atomic E-state index is 13.4. The van der Waals surface area contributed by atoms with Gasteiger partial charge in [0.15, 0.2) is 0 Å². The number of aromatic nitrogens is 2. The Bertz CT molecular complexity index is 1190. The summed E-state index contributed by atoms with van der Waals surface area (Å²) in [7, 11) is 0. The zero-order valence-electron chi connectivity index (χ0n) is 15.5. The highest BCUT2D eigenvalue weighted by molar-refractivity contribution is 5.79. The number of hydrogen-bond donors (Lipinski definition) is 0. The zero-order valence-corrected chi connectivity index (χ0v) is 15.5. The van der Waals surface area contributed by atoms with Crippen molar-refractivity contribution in [2.75, 3.05) is 0 Å². The Balaban J connectivity index is 1.60. The van der Waals surface area contributed by atoms with Gasteiger partial charge in [-0.1, -0.05) is 30.3 Å². The Hall–Kier alpha value is -3.74. The van der Waals surface area contributed by atoms with E-state index in [1.807, 2.05) is 30.3 Å². The van der Waals surface area contributed by atoms with E-state index in [0.717, 1.165) is 5.56 Å². The van der Waals surface area contributed by atoms with Gasteiger partial charge in [0.05, 0.1) is 30.0 Å². The number of benzene rings is 2. The fraction of sp³-hybridized carbons (Fsp3) is 0.136. The van der Waals surface area contributed by atoms with Gasteiger partial charge < -0.3 is 9.32 Å². The molecule has 29 heavy (non-hydrogen) atoms. The summed E-state index contributed by atoms with van der Waals surface area (Å²) in [5, 5.41) is 0.266. The van der Waals surface area contributed by atoms with Crippen LogP contribution < -0.4 is 5.56 Å². The van der Waals surface area contributed by atoms with Crippen molar-refractivity contribution in [3.05, 3.63) is 101 Å². The number of amides is 1. The second-order valence-electron chi connectivity index (χ2n) is 6.65. The van der Waals surface area contributed by atoms with Gasteiger partial charge in [-0.2, -0.15) is 0 Å². The largest absolute Gasteiger partial charge is 0.467 e. The lowest BCUT2D eigenvalue weighted by Crippen LogP contribution is -2.35. The Morgan fingerprint density at radius 3 is 2.66 bits per heavy atom. The van der Waals surface area contributed by atoms with Crippen LogP contribution in [-0.2, 0) is 24.4 Å². The Morgan fingerprint density at radius 2 is 1.90 bits per heavy atom. The van der Waals surface area contributed by atoms with Gasteiger partial charge in [-0.15, -0.1) is 0 Å². The number of rotatable bonds is 6. The third kappa shape index (κ3) is 4.24. The summed E-state index contributed by atoms with van der Waals surface area (Å²) in [6.45, 7) is 0.482.